The van der Waals surface area contributed by atoms with Crippen molar-refractivity contribution in [2.75, 3.05) is 14.1 Å². The molecule has 0 atom stereocenters. The van der Waals surface area contributed by atoms with Crippen LogP contribution >= 0.6 is 11.3 Å². The summed E-state index contributed by atoms with van der Waals surface area (Å²) in [4.78, 5) is 3.22. The van der Waals surface area contributed by atoms with Crippen LogP contribution in [0.25, 0.3) is 0 Å². The molecule has 0 aliphatic carbocycles. The maximum absolute atomic E-state index is 7.58. The molecule has 0 bridgehead atoms. The molecule has 2 nitrogen and oxygen atoms in total. The summed E-state index contributed by atoms with van der Waals surface area (Å²) in [6.45, 7) is 0. The minimum absolute atomic E-state index is 0.698. The average molecular weight is 182 g/mol. The molecule has 3 heteroatoms. The van der Waals surface area contributed by atoms with Gasteiger partial charge in [0.15, 0.2) is 0 Å². The highest BCUT2D eigenvalue weighted by atomic mass is 32.1. The molecule has 0 radical (unpaired) electrons. The fourth-order valence-corrected chi connectivity index (χ4v) is 1.63. The van der Waals surface area contributed by atoms with Crippen molar-refractivity contribution in [1.29, 1.82) is 5.41 Å². The summed E-state index contributed by atoms with van der Waals surface area (Å²) >= 11 is 1.76. The number of amidine groups is 1. The van der Waals surface area contributed by atoms with Crippen molar-refractivity contribution >= 4 is 17.2 Å². The molecule has 0 saturated carbocycles. The van der Waals surface area contributed by atoms with Gasteiger partial charge in [0.25, 0.3) is 0 Å². The fraction of sp³-hybridized carbons (Fsp3) is 0.444. The number of nitrogens with zero attached hydrogens (tertiary/aromatic N) is 1. The number of thiophene rings is 1. The quantitative estimate of drug-likeness (QED) is 0.563. The first-order valence-corrected chi connectivity index (χ1v) is 4.85. The van der Waals surface area contributed by atoms with E-state index in [1.165, 1.54) is 4.88 Å². The second-order valence-corrected chi connectivity index (χ2v) is 3.95. The Hall–Kier alpha value is -0.830. The monoisotopic (exact) mass is 182 g/mol. The zero-order valence-electron chi connectivity index (χ0n) is 7.50. The maximum Gasteiger partial charge on any atom is 0.0956 e. The second-order valence-electron chi connectivity index (χ2n) is 2.92. The second kappa shape index (κ2) is 4.26. The van der Waals surface area contributed by atoms with E-state index in [-0.39, 0.29) is 0 Å². The molecule has 1 rings (SSSR count). The van der Waals surface area contributed by atoms with E-state index in [2.05, 4.69) is 17.5 Å². The molecule has 0 spiro atoms. The first-order valence-electron chi connectivity index (χ1n) is 3.97. The van der Waals surface area contributed by atoms with E-state index in [9.17, 15) is 0 Å². The van der Waals surface area contributed by atoms with E-state index < -0.39 is 0 Å². The maximum atomic E-state index is 7.58. The van der Waals surface area contributed by atoms with Crippen LogP contribution in [0.1, 0.15) is 11.3 Å². The van der Waals surface area contributed by atoms with E-state index >= 15 is 0 Å². The van der Waals surface area contributed by atoms with E-state index in [0.29, 0.717) is 5.84 Å². The number of hydrogen-bond donors (Lipinski definition) is 1. The van der Waals surface area contributed by atoms with Crippen molar-refractivity contribution in [3.63, 3.8) is 0 Å². The van der Waals surface area contributed by atoms with Crippen LogP contribution in [0.15, 0.2) is 17.5 Å². The Labute approximate surface area is 77.3 Å². The summed E-state index contributed by atoms with van der Waals surface area (Å²) in [5, 5.41) is 9.65. The standard InChI is InChI=1S/C9H14N2S/c1-11(2)9(10)6-5-8-4-3-7-12-8/h3-4,7,10H,5-6H2,1-2H3. The molecular weight excluding hydrogens is 168 g/mol. The van der Waals surface area contributed by atoms with Gasteiger partial charge >= 0.3 is 0 Å². The predicted octanol–water partition coefficient (Wildman–Crippen LogP) is 2.22. The van der Waals surface area contributed by atoms with Crippen LogP contribution in [0.3, 0.4) is 0 Å². The van der Waals surface area contributed by atoms with Gasteiger partial charge in [0.1, 0.15) is 0 Å². The highest BCUT2D eigenvalue weighted by Crippen LogP contribution is 2.11. The first kappa shape index (κ1) is 9.26. The van der Waals surface area contributed by atoms with Gasteiger partial charge in [-0.1, -0.05) is 6.07 Å². The predicted molar refractivity (Wildman–Crippen MR) is 54.1 cm³/mol. The molecule has 1 N–H and O–H groups in total. The van der Waals surface area contributed by atoms with Gasteiger partial charge in [-0.15, -0.1) is 11.3 Å². The summed E-state index contributed by atoms with van der Waals surface area (Å²) in [7, 11) is 3.83. The van der Waals surface area contributed by atoms with Crippen molar-refractivity contribution < 1.29 is 0 Å². The summed E-state index contributed by atoms with van der Waals surface area (Å²) < 4.78 is 0. The topological polar surface area (TPSA) is 27.1 Å². The summed E-state index contributed by atoms with van der Waals surface area (Å²) in [6.07, 6.45) is 1.84. The minimum Gasteiger partial charge on any atom is -0.367 e. The van der Waals surface area contributed by atoms with Crippen molar-refractivity contribution in [3.8, 4) is 0 Å². The molecule has 1 aromatic heterocycles. The Morgan fingerprint density at radius 3 is 2.83 bits per heavy atom. The lowest BCUT2D eigenvalue weighted by atomic mass is 10.2. The van der Waals surface area contributed by atoms with Gasteiger partial charge < -0.3 is 4.90 Å². The van der Waals surface area contributed by atoms with Crippen LogP contribution in [0.4, 0.5) is 0 Å². The third-order valence-electron chi connectivity index (χ3n) is 1.73. The van der Waals surface area contributed by atoms with Crippen LogP contribution in [0, 0.1) is 5.41 Å². The first-order chi connectivity index (χ1) is 5.70. The zero-order chi connectivity index (χ0) is 8.97. The highest BCUT2D eigenvalue weighted by molar-refractivity contribution is 7.09. The largest absolute Gasteiger partial charge is 0.367 e. The molecule has 12 heavy (non-hydrogen) atoms. The minimum atomic E-state index is 0.698. The lowest BCUT2D eigenvalue weighted by Crippen LogP contribution is -2.20. The SMILES string of the molecule is CN(C)C(=N)CCc1cccs1. The normalized spacial score (nSPS) is 9.83. The average Bonchev–Trinajstić information content (AvgIpc) is 2.51. The lowest BCUT2D eigenvalue weighted by Gasteiger charge is -2.12. The molecule has 0 aliphatic heterocycles. The molecule has 0 unspecified atom stereocenters. The van der Waals surface area contributed by atoms with E-state index in [1.54, 1.807) is 11.3 Å². The Morgan fingerprint density at radius 1 is 1.58 bits per heavy atom. The summed E-state index contributed by atoms with van der Waals surface area (Å²) in [5.41, 5.74) is 0. The Kier molecular flexibility index (Phi) is 3.29. The van der Waals surface area contributed by atoms with Gasteiger partial charge in [0.05, 0.1) is 5.84 Å². The van der Waals surface area contributed by atoms with Crippen molar-refractivity contribution in [1.82, 2.24) is 4.90 Å². The number of rotatable bonds is 3. The van der Waals surface area contributed by atoms with Crippen LogP contribution < -0.4 is 0 Å². The van der Waals surface area contributed by atoms with Gasteiger partial charge in [0, 0.05) is 25.4 Å². The molecular formula is C9H14N2S. The zero-order valence-corrected chi connectivity index (χ0v) is 8.32. The molecule has 0 fully saturated rings. The third kappa shape index (κ3) is 2.66. The van der Waals surface area contributed by atoms with E-state index in [1.807, 2.05) is 19.0 Å². The third-order valence-corrected chi connectivity index (χ3v) is 2.66. The van der Waals surface area contributed by atoms with Crippen LogP contribution in [0.5, 0.6) is 0 Å². The molecule has 1 heterocycles. The summed E-state index contributed by atoms with van der Waals surface area (Å²) in [6, 6.07) is 4.17. The van der Waals surface area contributed by atoms with Crippen molar-refractivity contribution in [2.24, 2.45) is 0 Å². The molecule has 0 saturated heterocycles. The lowest BCUT2D eigenvalue weighted by molar-refractivity contribution is 0.597. The highest BCUT2D eigenvalue weighted by Gasteiger charge is 2.00. The van der Waals surface area contributed by atoms with Crippen molar-refractivity contribution in [3.05, 3.63) is 22.4 Å². The Bertz CT molecular complexity index is 239. The molecule has 0 aromatic carbocycles. The molecule has 0 aliphatic rings. The van der Waals surface area contributed by atoms with E-state index in [4.69, 9.17) is 5.41 Å². The molecule has 1 aromatic rings. The smallest absolute Gasteiger partial charge is 0.0956 e. The molecule has 66 valence electrons. The van der Waals surface area contributed by atoms with Crippen LogP contribution in [-0.4, -0.2) is 24.8 Å². The van der Waals surface area contributed by atoms with Gasteiger partial charge in [-0.3, -0.25) is 5.41 Å². The molecule has 0 amide bonds. The van der Waals surface area contributed by atoms with Crippen molar-refractivity contribution in [2.45, 2.75) is 12.8 Å². The van der Waals surface area contributed by atoms with Gasteiger partial charge in [-0.25, -0.2) is 0 Å². The van der Waals surface area contributed by atoms with E-state index in [0.717, 1.165) is 12.8 Å². The van der Waals surface area contributed by atoms with Gasteiger partial charge in [0.2, 0.25) is 0 Å². The number of aryl methyl sites for hydroxylation is 1. The van der Waals surface area contributed by atoms with Gasteiger partial charge in [-0.2, -0.15) is 0 Å². The Balaban J connectivity index is 2.32. The van der Waals surface area contributed by atoms with Crippen LogP contribution in [-0.2, 0) is 6.42 Å². The van der Waals surface area contributed by atoms with Crippen LogP contribution in [0.2, 0.25) is 0 Å². The Morgan fingerprint density at radius 2 is 2.33 bits per heavy atom. The fourth-order valence-electron chi connectivity index (χ4n) is 0.920. The van der Waals surface area contributed by atoms with Gasteiger partial charge in [-0.05, 0) is 17.9 Å². The summed E-state index contributed by atoms with van der Waals surface area (Å²) in [5.74, 6) is 0.698. The number of nitrogens with one attached hydrogen (secondary N) is 1. The number of hydrogen-bond acceptors (Lipinski definition) is 2.